The Hall–Kier alpha value is -0.900. The summed E-state index contributed by atoms with van der Waals surface area (Å²) in [5.74, 6) is 0.609. The second kappa shape index (κ2) is 7.21. The molecule has 0 radical (unpaired) electrons. The summed E-state index contributed by atoms with van der Waals surface area (Å²) in [5.41, 5.74) is 1.39. The SMILES string of the molecule is CNC(c1ccccc1)C(C)CN1CCN(C)C(C)C1. The van der Waals surface area contributed by atoms with Gasteiger partial charge in [-0.05, 0) is 32.5 Å². The van der Waals surface area contributed by atoms with E-state index in [1.807, 2.05) is 0 Å². The fourth-order valence-electron chi connectivity index (χ4n) is 3.24. The van der Waals surface area contributed by atoms with E-state index in [1.165, 1.54) is 31.7 Å². The van der Waals surface area contributed by atoms with Gasteiger partial charge in [0.25, 0.3) is 0 Å². The Kier molecular flexibility index (Phi) is 5.58. The number of benzene rings is 1. The highest BCUT2D eigenvalue weighted by atomic mass is 15.3. The first-order valence-corrected chi connectivity index (χ1v) is 7.76. The number of nitrogens with one attached hydrogen (secondary N) is 1. The minimum Gasteiger partial charge on any atom is -0.313 e. The van der Waals surface area contributed by atoms with Gasteiger partial charge >= 0.3 is 0 Å². The fourth-order valence-corrected chi connectivity index (χ4v) is 3.24. The molecule has 3 nitrogen and oxygen atoms in total. The van der Waals surface area contributed by atoms with Crippen molar-refractivity contribution < 1.29 is 0 Å². The van der Waals surface area contributed by atoms with Crippen LogP contribution in [0.2, 0.25) is 0 Å². The summed E-state index contributed by atoms with van der Waals surface area (Å²) in [5, 5.41) is 3.49. The second-order valence-electron chi connectivity index (χ2n) is 6.24. The van der Waals surface area contributed by atoms with E-state index in [0.29, 0.717) is 18.0 Å². The summed E-state index contributed by atoms with van der Waals surface area (Å²) in [7, 11) is 4.30. The molecule has 3 atom stereocenters. The number of hydrogen-bond donors (Lipinski definition) is 1. The van der Waals surface area contributed by atoms with Crippen LogP contribution in [0, 0.1) is 5.92 Å². The third kappa shape index (κ3) is 3.81. The first-order valence-electron chi connectivity index (χ1n) is 7.76. The number of rotatable bonds is 5. The summed E-state index contributed by atoms with van der Waals surface area (Å²) < 4.78 is 0. The first-order chi connectivity index (χ1) is 9.61. The van der Waals surface area contributed by atoms with Crippen molar-refractivity contribution in [1.82, 2.24) is 15.1 Å². The molecule has 1 aliphatic heterocycles. The van der Waals surface area contributed by atoms with Gasteiger partial charge in [0.1, 0.15) is 0 Å². The Labute approximate surface area is 124 Å². The lowest BCUT2D eigenvalue weighted by atomic mass is 9.93. The van der Waals surface area contributed by atoms with Crippen LogP contribution >= 0.6 is 0 Å². The predicted octanol–water partition coefficient (Wildman–Crippen LogP) is 2.22. The van der Waals surface area contributed by atoms with Gasteiger partial charge in [0.15, 0.2) is 0 Å². The first kappa shape index (κ1) is 15.5. The van der Waals surface area contributed by atoms with Crippen molar-refractivity contribution in [3.8, 4) is 0 Å². The molecule has 1 aromatic carbocycles. The standard InChI is InChI=1S/C17H29N3/c1-14(12-20-11-10-19(4)15(2)13-20)17(18-3)16-8-6-5-7-9-16/h5-9,14-15,17-18H,10-13H2,1-4H3. The van der Waals surface area contributed by atoms with Crippen molar-refractivity contribution in [3.05, 3.63) is 35.9 Å². The summed E-state index contributed by atoms with van der Waals surface area (Å²) >= 11 is 0. The van der Waals surface area contributed by atoms with Crippen molar-refractivity contribution >= 4 is 0 Å². The molecule has 0 spiro atoms. The quantitative estimate of drug-likeness (QED) is 0.889. The van der Waals surface area contributed by atoms with Crippen LogP contribution in [-0.4, -0.2) is 56.1 Å². The highest BCUT2D eigenvalue weighted by Crippen LogP contribution is 2.23. The van der Waals surface area contributed by atoms with Gasteiger partial charge < -0.3 is 15.1 Å². The molecular weight excluding hydrogens is 246 g/mol. The zero-order chi connectivity index (χ0) is 14.5. The smallest absolute Gasteiger partial charge is 0.0355 e. The summed E-state index contributed by atoms with van der Waals surface area (Å²) in [6, 6.07) is 11.9. The van der Waals surface area contributed by atoms with Gasteiger partial charge in [-0.2, -0.15) is 0 Å². The van der Waals surface area contributed by atoms with Crippen LogP contribution in [0.5, 0.6) is 0 Å². The van der Waals surface area contributed by atoms with E-state index in [1.54, 1.807) is 0 Å². The molecule has 0 aliphatic carbocycles. The maximum Gasteiger partial charge on any atom is 0.0355 e. The highest BCUT2D eigenvalue weighted by molar-refractivity contribution is 5.19. The van der Waals surface area contributed by atoms with Crippen molar-refractivity contribution in [3.63, 3.8) is 0 Å². The Morgan fingerprint density at radius 2 is 1.95 bits per heavy atom. The third-order valence-electron chi connectivity index (χ3n) is 4.63. The minimum absolute atomic E-state index is 0.436. The van der Waals surface area contributed by atoms with Crippen LogP contribution in [-0.2, 0) is 0 Å². The topological polar surface area (TPSA) is 18.5 Å². The molecule has 0 aromatic heterocycles. The van der Waals surface area contributed by atoms with Gasteiger partial charge in [0.05, 0.1) is 0 Å². The Balaban J connectivity index is 1.94. The molecule has 20 heavy (non-hydrogen) atoms. The molecule has 3 unspecified atom stereocenters. The molecule has 112 valence electrons. The highest BCUT2D eigenvalue weighted by Gasteiger charge is 2.25. The molecule has 0 bridgehead atoms. The molecule has 1 aliphatic rings. The van der Waals surface area contributed by atoms with E-state index >= 15 is 0 Å². The average molecular weight is 275 g/mol. The largest absolute Gasteiger partial charge is 0.313 e. The zero-order valence-corrected chi connectivity index (χ0v) is 13.3. The van der Waals surface area contributed by atoms with Crippen LogP contribution in [0.25, 0.3) is 0 Å². The van der Waals surface area contributed by atoms with E-state index in [4.69, 9.17) is 0 Å². The van der Waals surface area contributed by atoms with Crippen molar-refractivity contribution in [2.45, 2.75) is 25.9 Å². The molecule has 0 amide bonds. The Bertz CT molecular complexity index is 392. The maximum absolute atomic E-state index is 3.49. The number of nitrogens with zero attached hydrogens (tertiary/aromatic N) is 2. The van der Waals surface area contributed by atoms with Crippen molar-refractivity contribution in [2.24, 2.45) is 5.92 Å². The molecular formula is C17H29N3. The van der Waals surface area contributed by atoms with E-state index in [9.17, 15) is 0 Å². The molecule has 1 aromatic rings. The fraction of sp³-hybridized carbons (Fsp3) is 0.647. The lowest BCUT2D eigenvalue weighted by molar-refractivity contribution is 0.0890. The maximum atomic E-state index is 3.49. The summed E-state index contributed by atoms with van der Waals surface area (Å²) in [4.78, 5) is 5.07. The lowest BCUT2D eigenvalue weighted by Crippen LogP contribution is -2.51. The lowest BCUT2D eigenvalue weighted by Gasteiger charge is -2.39. The third-order valence-corrected chi connectivity index (χ3v) is 4.63. The van der Waals surface area contributed by atoms with Gasteiger partial charge in [-0.3, -0.25) is 0 Å². The molecule has 2 rings (SSSR count). The van der Waals surface area contributed by atoms with Gasteiger partial charge in [0, 0.05) is 38.3 Å². The minimum atomic E-state index is 0.436. The molecule has 1 heterocycles. The van der Waals surface area contributed by atoms with Crippen LogP contribution < -0.4 is 5.32 Å². The van der Waals surface area contributed by atoms with E-state index in [0.717, 1.165) is 0 Å². The van der Waals surface area contributed by atoms with Crippen LogP contribution in [0.3, 0.4) is 0 Å². The van der Waals surface area contributed by atoms with Gasteiger partial charge in [-0.15, -0.1) is 0 Å². The molecule has 1 N–H and O–H groups in total. The van der Waals surface area contributed by atoms with Gasteiger partial charge in [0.2, 0.25) is 0 Å². The normalized spacial score (nSPS) is 24.5. The Morgan fingerprint density at radius 1 is 1.25 bits per heavy atom. The summed E-state index contributed by atoms with van der Waals surface area (Å²) in [6.45, 7) is 9.41. The van der Waals surface area contributed by atoms with Crippen LogP contribution in [0.4, 0.5) is 0 Å². The summed E-state index contributed by atoms with van der Waals surface area (Å²) in [6.07, 6.45) is 0. The molecule has 1 fully saturated rings. The van der Waals surface area contributed by atoms with Gasteiger partial charge in [-0.25, -0.2) is 0 Å². The van der Waals surface area contributed by atoms with Crippen LogP contribution in [0.15, 0.2) is 30.3 Å². The number of piperazine rings is 1. The van der Waals surface area contributed by atoms with Gasteiger partial charge in [-0.1, -0.05) is 37.3 Å². The molecule has 1 saturated heterocycles. The van der Waals surface area contributed by atoms with Crippen molar-refractivity contribution in [1.29, 1.82) is 0 Å². The molecule has 0 saturated carbocycles. The number of likely N-dealkylation sites (N-methyl/N-ethyl adjacent to an activating group) is 1. The molecule has 3 heteroatoms. The predicted molar refractivity (Wildman–Crippen MR) is 85.9 cm³/mol. The van der Waals surface area contributed by atoms with Crippen molar-refractivity contribution in [2.75, 3.05) is 40.3 Å². The van der Waals surface area contributed by atoms with E-state index in [2.05, 4.69) is 73.4 Å². The zero-order valence-electron chi connectivity index (χ0n) is 13.3. The van der Waals surface area contributed by atoms with E-state index < -0.39 is 0 Å². The Morgan fingerprint density at radius 3 is 2.55 bits per heavy atom. The average Bonchev–Trinajstić information content (AvgIpc) is 2.45. The van der Waals surface area contributed by atoms with Crippen LogP contribution in [0.1, 0.15) is 25.5 Å². The number of hydrogen-bond acceptors (Lipinski definition) is 3. The second-order valence-corrected chi connectivity index (χ2v) is 6.24. The monoisotopic (exact) mass is 275 g/mol. The van der Waals surface area contributed by atoms with E-state index in [-0.39, 0.29) is 0 Å².